The van der Waals surface area contributed by atoms with Crippen LogP contribution in [0.15, 0.2) is 6.20 Å². The predicted molar refractivity (Wildman–Crippen MR) is 39.1 cm³/mol. The Kier molecular flexibility index (Phi) is 2.92. The van der Waals surface area contributed by atoms with Gasteiger partial charge < -0.3 is 5.11 Å². The maximum absolute atomic E-state index is 12.2. The summed E-state index contributed by atoms with van der Waals surface area (Å²) in [5, 5.41) is 12.4. The van der Waals surface area contributed by atoms with Crippen molar-refractivity contribution >= 4 is 0 Å². The normalized spacial score (nSPS) is 13.7. The minimum Gasteiger partial charge on any atom is -0.386 e. The Bertz CT molecular complexity index is 287. The van der Waals surface area contributed by atoms with Gasteiger partial charge in [-0.05, 0) is 0 Å². The molecule has 1 N–H and O–H groups in total. The minimum atomic E-state index is -2.79. The molecule has 0 radical (unpaired) electrons. The number of nitrogens with zero attached hydrogens (tertiary/aromatic N) is 2. The fourth-order valence-electron chi connectivity index (χ4n) is 1.03. The number of aromatic nitrogens is 2. The first kappa shape index (κ1) is 10.0. The van der Waals surface area contributed by atoms with Crippen LogP contribution in [0.4, 0.5) is 13.2 Å². The van der Waals surface area contributed by atoms with Crippen LogP contribution in [0.5, 0.6) is 0 Å². The average molecular weight is 194 g/mol. The van der Waals surface area contributed by atoms with Gasteiger partial charge in [-0.1, -0.05) is 0 Å². The Balaban J connectivity index is 3.04. The zero-order chi connectivity index (χ0) is 10.0. The molecular formula is C7H9F3N2O. The number of aliphatic hydroxyl groups is 1. The Hall–Kier alpha value is -1.04. The van der Waals surface area contributed by atoms with Gasteiger partial charge in [0.25, 0.3) is 6.43 Å². The molecule has 1 heterocycles. The van der Waals surface area contributed by atoms with Crippen molar-refractivity contribution in [1.29, 1.82) is 0 Å². The summed E-state index contributed by atoms with van der Waals surface area (Å²) in [5.74, 6) is 0. The summed E-state index contributed by atoms with van der Waals surface area (Å²) in [6.07, 6.45) is -3.12. The van der Waals surface area contributed by atoms with E-state index in [9.17, 15) is 13.2 Å². The minimum absolute atomic E-state index is 0.153. The number of hydrogen-bond acceptors (Lipinski definition) is 2. The smallest absolute Gasteiger partial charge is 0.282 e. The highest BCUT2D eigenvalue weighted by Gasteiger charge is 2.22. The van der Waals surface area contributed by atoms with Gasteiger partial charge in [0.1, 0.15) is 18.5 Å². The lowest BCUT2D eigenvalue weighted by atomic mass is 10.1. The molecule has 0 aliphatic heterocycles. The first-order valence-electron chi connectivity index (χ1n) is 3.62. The molecule has 1 rings (SSSR count). The monoisotopic (exact) mass is 194 g/mol. The van der Waals surface area contributed by atoms with Crippen molar-refractivity contribution in [3.63, 3.8) is 0 Å². The molecule has 0 fully saturated rings. The van der Waals surface area contributed by atoms with Crippen LogP contribution < -0.4 is 0 Å². The largest absolute Gasteiger partial charge is 0.386 e. The van der Waals surface area contributed by atoms with Gasteiger partial charge in [-0.2, -0.15) is 5.10 Å². The van der Waals surface area contributed by atoms with Crippen LogP contribution in [0.3, 0.4) is 0 Å². The standard InChI is InChI=1S/C7H9F3N2O/c1-12-3-4(5(13)2-8)6(11-12)7(9)10/h3,5,7,13H,2H2,1H3. The number of aliphatic hydroxyl groups excluding tert-OH is 1. The van der Waals surface area contributed by atoms with Gasteiger partial charge in [0.15, 0.2) is 0 Å². The van der Waals surface area contributed by atoms with Crippen molar-refractivity contribution in [3.8, 4) is 0 Å². The van der Waals surface area contributed by atoms with Crippen molar-refractivity contribution in [2.24, 2.45) is 7.05 Å². The molecule has 0 bridgehead atoms. The van der Waals surface area contributed by atoms with Crippen LogP contribution >= 0.6 is 0 Å². The SMILES string of the molecule is Cn1cc(C(O)CF)c(C(F)F)n1. The molecule has 0 aliphatic rings. The molecular weight excluding hydrogens is 185 g/mol. The van der Waals surface area contributed by atoms with Crippen molar-refractivity contribution in [1.82, 2.24) is 9.78 Å². The number of rotatable bonds is 3. The quantitative estimate of drug-likeness (QED) is 0.788. The molecule has 1 aromatic rings. The van der Waals surface area contributed by atoms with Crippen LogP contribution in [-0.4, -0.2) is 21.6 Å². The molecule has 0 amide bonds. The first-order valence-corrected chi connectivity index (χ1v) is 3.62. The zero-order valence-electron chi connectivity index (χ0n) is 6.91. The van der Waals surface area contributed by atoms with E-state index in [0.29, 0.717) is 0 Å². The Morgan fingerprint density at radius 1 is 1.62 bits per heavy atom. The average Bonchev–Trinajstić information content (AvgIpc) is 2.46. The number of halogens is 3. The van der Waals surface area contributed by atoms with Crippen molar-refractivity contribution in [2.75, 3.05) is 6.67 Å². The van der Waals surface area contributed by atoms with E-state index in [1.165, 1.54) is 13.2 Å². The van der Waals surface area contributed by atoms with Crippen molar-refractivity contribution < 1.29 is 18.3 Å². The van der Waals surface area contributed by atoms with Crippen LogP contribution in [0.25, 0.3) is 0 Å². The second kappa shape index (κ2) is 3.78. The molecule has 13 heavy (non-hydrogen) atoms. The predicted octanol–water partition coefficient (Wildman–Crippen LogP) is 1.36. The van der Waals surface area contributed by atoms with Gasteiger partial charge in [0.2, 0.25) is 0 Å². The number of alkyl halides is 3. The fourth-order valence-corrected chi connectivity index (χ4v) is 1.03. The van der Waals surface area contributed by atoms with Gasteiger partial charge in [-0.3, -0.25) is 4.68 Å². The van der Waals surface area contributed by atoms with Crippen molar-refractivity contribution in [3.05, 3.63) is 17.5 Å². The summed E-state index contributed by atoms with van der Waals surface area (Å²) in [7, 11) is 1.43. The summed E-state index contributed by atoms with van der Waals surface area (Å²) >= 11 is 0. The summed E-state index contributed by atoms with van der Waals surface area (Å²) in [6, 6.07) is 0. The van der Waals surface area contributed by atoms with E-state index in [1.807, 2.05) is 0 Å². The second-order valence-electron chi connectivity index (χ2n) is 2.61. The van der Waals surface area contributed by atoms with Gasteiger partial charge in [0.05, 0.1) is 0 Å². The van der Waals surface area contributed by atoms with Crippen LogP contribution in [0.2, 0.25) is 0 Å². The maximum atomic E-state index is 12.2. The molecule has 3 nitrogen and oxygen atoms in total. The fraction of sp³-hybridized carbons (Fsp3) is 0.571. The summed E-state index contributed by atoms with van der Waals surface area (Å²) in [4.78, 5) is 0. The third kappa shape index (κ3) is 2.00. The highest BCUT2D eigenvalue weighted by atomic mass is 19.3. The molecule has 1 unspecified atom stereocenters. The van der Waals surface area contributed by atoms with Gasteiger partial charge in [0, 0.05) is 18.8 Å². The zero-order valence-corrected chi connectivity index (χ0v) is 6.91. The van der Waals surface area contributed by atoms with Crippen molar-refractivity contribution in [2.45, 2.75) is 12.5 Å². The highest BCUT2D eigenvalue weighted by Crippen LogP contribution is 2.25. The summed E-state index contributed by atoms with van der Waals surface area (Å²) < 4.78 is 37.6. The van der Waals surface area contributed by atoms with Gasteiger partial charge in [-0.15, -0.1) is 0 Å². The Morgan fingerprint density at radius 2 is 2.23 bits per heavy atom. The third-order valence-corrected chi connectivity index (χ3v) is 1.60. The van der Waals surface area contributed by atoms with E-state index in [2.05, 4.69) is 5.10 Å². The number of aryl methyl sites for hydroxylation is 1. The molecule has 0 spiro atoms. The Labute approximate surface area is 72.8 Å². The lowest BCUT2D eigenvalue weighted by Gasteiger charge is -2.04. The van der Waals surface area contributed by atoms with Gasteiger partial charge in [-0.25, -0.2) is 13.2 Å². The molecule has 6 heteroatoms. The molecule has 0 saturated carbocycles. The molecule has 74 valence electrons. The molecule has 1 aromatic heterocycles. The molecule has 0 saturated heterocycles. The summed E-state index contributed by atoms with van der Waals surface area (Å²) in [5.41, 5.74) is -0.715. The van der Waals surface area contributed by atoms with E-state index in [-0.39, 0.29) is 5.56 Å². The molecule has 1 atom stereocenters. The van der Waals surface area contributed by atoms with Crippen LogP contribution in [-0.2, 0) is 7.05 Å². The lowest BCUT2D eigenvalue weighted by Crippen LogP contribution is -2.02. The highest BCUT2D eigenvalue weighted by molar-refractivity contribution is 5.20. The van der Waals surface area contributed by atoms with Crippen LogP contribution in [0, 0.1) is 0 Å². The van der Waals surface area contributed by atoms with Crippen LogP contribution in [0.1, 0.15) is 23.8 Å². The molecule has 0 aromatic carbocycles. The Morgan fingerprint density at radius 3 is 2.69 bits per heavy atom. The second-order valence-corrected chi connectivity index (χ2v) is 2.61. The maximum Gasteiger partial charge on any atom is 0.282 e. The van der Waals surface area contributed by atoms with E-state index in [1.54, 1.807) is 0 Å². The van der Waals surface area contributed by atoms with E-state index in [0.717, 1.165) is 4.68 Å². The van der Waals surface area contributed by atoms with E-state index in [4.69, 9.17) is 5.11 Å². The first-order chi connectivity index (χ1) is 6.06. The topological polar surface area (TPSA) is 38.0 Å². The van der Waals surface area contributed by atoms with E-state index >= 15 is 0 Å². The number of hydrogen-bond donors (Lipinski definition) is 1. The molecule has 0 aliphatic carbocycles. The van der Waals surface area contributed by atoms with E-state index < -0.39 is 24.9 Å². The summed E-state index contributed by atoms with van der Waals surface area (Å²) in [6.45, 7) is -1.09. The third-order valence-electron chi connectivity index (χ3n) is 1.60. The lowest BCUT2D eigenvalue weighted by molar-refractivity contribution is 0.120. The van der Waals surface area contributed by atoms with Gasteiger partial charge >= 0.3 is 0 Å².